The van der Waals surface area contributed by atoms with Gasteiger partial charge in [-0.3, -0.25) is 4.79 Å². The predicted octanol–water partition coefficient (Wildman–Crippen LogP) is 2.25. The Hall–Kier alpha value is -0.360. The average molecular weight is 326 g/mol. The lowest BCUT2D eigenvalue weighted by Gasteiger charge is -2.26. The fourth-order valence-corrected chi connectivity index (χ4v) is 2.98. The largest absolute Gasteiger partial charge is 0.340 e. The molecule has 0 aliphatic carbocycles. The number of nitrogens with one attached hydrogen (secondary N) is 1. The molecule has 0 spiro atoms. The second kappa shape index (κ2) is 8.74. The number of amides is 1. The molecule has 0 radical (unpaired) electrons. The van der Waals surface area contributed by atoms with E-state index in [4.69, 9.17) is 0 Å². The number of halogens is 2. The smallest absolute Gasteiger partial charge is 0.227 e. The lowest BCUT2D eigenvalue weighted by Crippen LogP contribution is -2.41. The number of nitrogens with zero attached hydrogens (tertiary/aromatic N) is 2. The summed E-state index contributed by atoms with van der Waals surface area (Å²) < 4.78 is 0. The molecular formula is C12H21Cl2N3OS. The Morgan fingerprint density at radius 2 is 2.32 bits per heavy atom. The molecule has 0 bridgehead atoms. The van der Waals surface area contributed by atoms with Crippen LogP contribution in [0.2, 0.25) is 0 Å². The molecule has 1 aliphatic rings. The van der Waals surface area contributed by atoms with Crippen LogP contribution in [0.3, 0.4) is 0 Å². The van der Waals surface area contributed by atoms with Gasteiger partial charge >= 0.3 is 0 Å². The number of hydrogen-bond acceptors (Lipinski definition) is 4. The number of piperidine rings is 1. The molecule has 1 atom stereocenters. The topological polar surface area (TPSA) is 45.2 Å². The van der Waals surface area contributed by atoms with Crippen molar-refractivity contribution in [2.45, 2.75) is 26.3 Å². The Balaban J connectivity index is 0.00000162. The van der Waals surface area contributed by atoms with Gasteiger partial charge < -0.3 is 10.2 Å². The van der Waals surface area contributed by atoms with Crippen molar-refractivity contribution in [3.05, 3.63) is 16.1 Å². The molecule has 1 fully saturated rings. The second-order valence-corrected chi connectivity index (χ2v) is 5.54. The van der Waals surface area contributed by atoms with Gasteiger partial charge in [-0.05, 0) is 26.3 Å². The third-order valence-corrected chi connectivity index (χ3v) is 4.17. The van der Waals surface area contributed by atoms with Crippen LogP contribution in [-0.2, 0) is 11.3 Å². The lowest BCUT2D eigenvalue weighted by molar-refractivity contribution is -0.135. The maximum atomic E-state index is 12.2. The van der Waals surface area contributed by atoms with E-state index in [1.54, 1.807) is 11.3 Å². The average Bonchev–Trinajstić information content (AvgIpc) is 2.75. The van der Waals surface area contributed by atoms with E-state index in [-0.39, 0.29) is 36.6 Å². The summed E-state index contributed by atoms with van der Waals surface area (Å²) in [6.07, 6.45) is 2.11. The number of aryl methyl sites for hydroxylation is 1. The molecular weight excluding hydrogens is 305 g/mol. The first-order chi connectivity index (χ1) is 8.18. The Morgan fingerprint density at radius 3 is 2.84 bits per heavy atom. The van der Waals surface area contributed by atoms with Crippen LogP contribution in [0.25, 0.3) is 0 Å². The molecule has 110 valence electrons. The number of rotatable bonds is 3. The van der Waals surface area contributed by atoms with E-state index in [0.717, 1.165) is 31.6 Å². The molecule has 19 heavy (non-hydrogen) atoms. The van der Waals surface area contributed by atoms with E-state index < -0.39 is 0 Å². The summed E-state index contributed by atoms with van der Waals surface area (Å²) in [6, 6.07) is 0. The molecule has 0 aromatic carbocycles. The molecule has 7 heteroatoms. The van der Waals surface area contributed by atoms with Crippen molar-refractivity contribution >= 4 is 42.1 Å². The van der Waals surface area contributed by atoms with Crippen molar-refractivity contribution < 1.29 is 4.79 Å². The minimum absolute atomic E-state index is 0. The van der Waals surface area contributed by atoms with Gasteiger partial charge in [0.25, 0.3) is 0 Å². The summed E-state index contributed by atoms with van der Waals surface area (Å²) in [5.74, 6) is 0.409. The minimum atomic E-state index is 0. The van der Waals surface area contributed by atoms with Crippen LogP contribution in [0.15, 0.2) is 5.51 Å². The summed E-state index contributed by atoms with van der Waals surface area (Å²) in [4.78, 5) is 19.4. The summed E-state index contributed by atoms with van der Waals surface area (Å²) >= 11 is 1.62. The van der Waals surface area contributed by atoms with Crippen molar-refractivity contribution in [1.82, 2.24) is 15.2 Å². The molecule has 1 saturated heterocycles. The molecule has 2 heterocycles. The maximum absolute atomic E-state index is 12.2. The normalized spacial score (nSPS) is 18.1. The van der Waals surface area contributed by atoms with Gasteiger partial charge in [0.2, 0.25) is 5.91 Å². The zero-order valence-corrected chi connectivity index (χ0v) is 13.7. The van der Waals surface area contributed by atoms with Gasteiger partial charge in [0, 0.05) is 18.5 Å². The third kappa shape index (κ3) is 4.91. The van der Waals surface area contributed by atoms with Gasteiger partial charge in [-0.25, -0.2) is 4.98 Å². The van der Waals surface area contributed by atoms with Crippen LogP contribution in [0.1, 0.15) is 23.4 Å². The van der Waals surface area contributed by atoms with Crippen LogP contribution in [0.4, 0.5) is 0 Å². The highest BCUT2D eigenvalue weighted by atomic mass is 35.5. The number of carbonyl (C=O) groups is 1. The van der Waals surface area contributed by atoms with Crippen molar-refractivity contribution in [2.75, 3.05) is 20.1 Å². The van der Waals surface area contributed by atoms with Crippen LogP contribution < -0.4 is 5.32 Å². The second-order valence-electron chi connectivity index (χ2n) is 4.60. The lowest BCUT2D eigenvalue weighted by atomic mass is 9.98. The first kappa shape index (κ1) is 18.6. The van der Waals surface area contributed by atoms with Gasteiger partial charge in [0.1, 0.15) is 0 Å². The molecule has 1 unspecified atom stereocenters. The number of aromatic nitrogens is 1. The Bertz CT molecular complexity index is 394. The van der Waals surface area contributed by atoms with Crippen LogP contribution in [-0.4, -0.2) is 35.9 Å². The molecule has 2 rings (SSSR count). The summed E-state index contributed by atoms with van der Waals surface area (Å²) in [5.41, 5.74) is 2.88. The van der Waals surface area contributed by atoms with Gasteiger partial charge in [0.05, 0.1) is 23.7 Å². The summed E-state index contributed by atoms with van der Waals surface area (Å²) in [5, 5.41) is 3.28. The predicted molar refractivity (Wildman–Crippen MR) is 83.4 cm³/mol. The fourth-order valence-electron chi connectivity index (χ4n) is 2.15. The minimum Gasteiger partial charge on any atom is -0.340 e. The SMILES string of the molecule is Cc1ncsc1CN(C)C(=O)C1CCCNC1.Cl.Cl. The molecule has 4 nitrogen and oxygen atoms in total. The zero-order chi connectivity index (χ0) is 12.3. The molecule has 1 aromatic heterocycles. The third-order valence-electron chi connectivity index (χ3n) is 3.25. The highest BCUT2D eigenvalue weighted by Gasteiger charge is 2.24. The molecule has 0 saturated carbocycles. The van der Waals surface area contributed by atoms with E-state index in [2.05, 4.69) is 10.3 Å². The van der Waals surface area contributed by atoms with Crippen LogP contribution in [0.5, 0.6) is 0 Å². The van der Waals surface area contributed by atoms with Crippen molar-refractivity contribution in [3.8, 4) is 0 Å². The first-order valence-electron chi connectivity index (χ1n) is 6.03. The number of hydrogen-bond donors (Lipinski definition) is 1. The molecule has 1 aromatic rings. The molecule has 1 aliphatic heterocycles. The van der Waals surface area contributed by atoms with Crippen molar-refractivity contribution in [3.63, 3.8) is 0 Å². The van der Waals surface area contributed by atoms with E-state index in [1.807, 2.05) is 24.4 Å². The van der Waals surface area contributed by atoms with E-state index in [9.17, 15) is 4.79 Å². The van der Waals surface area contributed by atoms with Crippen molar-refractivity contribution in [1.29, 1.82) is 0 Å². The van der Waals surface area contributed by atoms with E-state index >= 15 is 0 Å². The maximum Gasteiger partial charge on any atom is 0.227 e. The van der Waals surface area contributed by atoms with Gasteiger partial charge in [-0.15, -0.1) is 36.2 Å². The highest BCUT2D eigenvalue weighted by Crippen LogP contribution is 2.18. The summed E-state index contributed by atoms with van der Waals surface area (Å²) in [6.45, 7) is 4.55. The van der Waals surface area contributed by atoms with E-state index in [1.165, 1.54) is 4.88 Å². The number of carbonyl (C=O) groups excluding carboxylic acids is 1. The quantitative estimate of drug-likeness (QED) is 0.927. The molecule has 1 amide bonds. The molecule has 1 N–H and O–H groups in total. The van der Waals surface area contributed by atoms with Gasteiger partial charge in [0.15, 0.2) is 0 Å². The summed E-state index contributed by atoms with van der Waals surface area (Å²) in [7, 11) is 1.89. The Labute approximate surface area is 130 Å². The Morgan fingerprint density at radius 1 is 1.58 bits per heavy atom. The van der Waals surface area contributed by atoms with Crippen LogP contribution in [0, 0.1) is 12.8 Å². The Kier molecular flexibility index (Phi) is 8.57. The van der Waals surface area contributed by atoms with E-state index in [0.29, 0.717) is 6.54 Å². The first-order valence-corrected chi connectivity index (χ1v) is 6.91. The van der Waals surface area contributed by atoms with Crippen LogP contribution >= 0.6 is 36.2 Å². The monoisotopic (exact) mass is 325 g/mol. The number of thiazole rings is 1. The van der Waals surface area contributed by atoms with Crippen molar-refractivity contribution in [2.24, 2.45) is 5.92 Å². The van der Waals surface area contributed by atoms with Gasteiger partial charge in [-0.1, -0.05) is 0 Å². The zero-order valence-electron chi connectivity index (χ0n) is 11.2. The standard InChI is InChI=1S/C12H19N3OS.2ClH/c1-9-11(17-8-14-9)7-15(2)12(16)10-4-3-5-13-6-10;;/h8,10,13H,3-7H2,1-2H3;2*1H. The fraction of sp³-hybridized carbons (Fsp3) is 0.667. The van der Waals surface area contributed by atoms with Gasteiger partial charge in [-0.2, -0.15) is 0 Å². The highest BCUT2D eigenvalue weighted by molar-refractivity contribution is 7.09.